The fourth-order valence-electron chi connectivity index (χ4n) is 3.42. The summed E-state index contributed by atoms with van der Waals surface area (Å²) in [5.74, 6) is -1.51. The number of aryl methyl sites for hydroxylation is 1. The number of amides is 3. The number of fused-ring (bicyclic) bond motifs is 1. The number of hydrogen-bond acceptors (Lipinski definition) is 8. The lowest BCUT2D eigenvalue weighted by Gasteiger charge is -2.13. The van der Waals surface area contributed by atoms with Crippen molar-refractivity contribution in [2.75, 3.05) is 19.0 Å². The maximum atomic E-state index is 12.6. The number of esters is 1. The molecule has 1 fully saturated rings. The molecule has 0 unspecified atom stereocenters. The Morgan fingerprint density at radius 3 is 2.80 bits per heavy atom. The predicted molar refractivity (Wildman–Crippen MR) is 118 cm³/mol. The highest BCUT2D eigenvalue weighted by molar-refractivity contribution is 8.18. The number of carbonyl (C=O) groups is 4. The number of thioether (sulfide) groups is 1. The minimum absolute atomic E-state index is 0.289. The van der Waals surface area contributed by atoms with Crippen molar-refractivity contribution in [2.45, 2.75) is 25.7 Å². The molecule has 0 radical (unpaired) electrons. The third-order valence-corrected chi connectivity index (χ3v) is 7.74. The average Bonchev–Trinajstić information content (AvgIpc) is 3.43. The molecule has 0 spiro atoms. The summed E-state index contributed by atoms with van der Waals surface area (Å²) in [7, 11) is 1.31. The maximum Gasteiger partial charge on any atom is 0.341 e. The van der Waals surface area contributed by atoms with Crippen LogP contribution in [0, 0.1) is 0 Å². The molecule has 30 heavy (non-hydrogen) atoms. The van der Waals surface area contributed by atoms with E-state index in [2.05, 4.69) is 5.32 Å². The van der Waals surface area contributed by atoms with Gasteiger partial charge in [-0.15, -0.1) is 22.7 Å². The van der Waals surface area contributed by atoms with Gasteiger partial charge in [0.2, 0.25) is 5.91 Å². The van der Waals surface area contributed by atoms with E-state index >= 15 is 0 Å². The Morgan fingerprint density at radius 2 is 2.07 bits per heavy atom. The number of imide groups is 1. The third-order valence-electron chi connectivity index (χ3n) is 4.81. The van der Waals surface area contributed by atoms with Crippen molar-refractivity contribution in [3.63, 3.8) is 0 Å². The molecule has 2 aliphatic rings. The Hall–Kier alpha value is -2.43. The van der Waals surface area contributed by atoms with Gasteiger partial charge in [-0.1, -0.05) is 6.07 Å². The van der Waals surface area contributed by atoms with Crippen LogP contribution in [-0.4, -0.2) is 41.6 Å². The van der Waals surface area contributed by atoms with Crippen molar-refractivity contribution < 1.29 is 23.9 Å². The number of nitrogens with zero attached hydrogens (tertiary/aromatic N) is 1. The molecule has 1 N–H and O–H groups in total. The van der Waals surface area contributed by atoms with Crippen LogP contribution in [0.5, 0.6) is 0 Å². The van der Waals surface area contributed by atoms with Crippen LogP contribution >= 0.6 is 34.4 Å². The Bertz CT molecular complexity index is 1050. The molecule has 4 rings (SSSR count). The maximum absolute atomic E-state index is 12.6. The second-order valence-corrected chi connectivity index (χ2v) is 9.82. The van der Waals surface area contributed by atoms with Crippen LogP contribution in [0.4, 0.5) is 9.80 Å². The molecule has 156 valence electrons. The van der Waals surface area contributed by atoms with Crippen molar-refractivity contribution in [2.24, 2.45) is 0 Å². The number of rotatable bonds is 5. The van der Waals surface area contributed by atoms with Crippen molar-refractivity contribution in [3.8, 4) is 0 Å². The number of methoxy groups -OCH3 is 1. The zero-order chi connectivity index (χ0) is 21.3. The van der Waals surface area contributed by atoms with Crippen LogP contribution in [0.25, 0.3) is 6.08 Å². The number of thiophene rings is 2. The topological polar surface area (TPSA) is 92.8 Å². The molecule has 7 nitrogen and oxygen atoms in total. The number of hydrogen-bond donors (Lipinski definition) is 1. The molecule has 3 heterocycles. The van der Waals surface area contributed by atoms with Crippen molar-refractivity contribution in [1.82, 2.24) is 4.90 Å². The molecular formula is C20H18N2O5S3. The highest BCUT2D eigenvalue weighted by Gasteiger charge is 2.37. The lowest BCUT2D eigenvalue weighted by molar-refractivity contribution is -0.127. The number of anilines is 1. The lowest BCUT2D eigenvalue weighted by Crippen LogP contribution is -2.36. The van der Waals surface area contributed by atoms with Gasteiger partial charge in [0, 0.05) is 9.75 Å². The largest absolute Gasteiger partial charge is 0.465 e. The van der Waals surface area contributed by atoms with Crippen molar-refractivity contribution in [1.29, 1.82) is 0 Å². The molecule has 1 saturated heterocycles. The van der Waals surface area contributed by atoms with Gasteiger partial charge in [0.25, 0.3) is 11.1 Å². The first kappa shape index (κ1) is 20.8. The Labute approximate surface area is 185 Å². The molecule has 0 atom stereocenters. The zero-order valence-corrected chi connectivity index (χ0v) is 18.5. The van der Waals surface area contributed by atoms with Gasteiger partial charge in [-0.2, -0.15) is 0 Å². The first-order valence-electron chi connectivity index (χ1n) is 9.29. The summed E-state index contributed by atoms with van der Waals surface area (Å²) in [4.78, 5) is 52.9. The minimum atomic E-state index is -0.529. The molecule has 10 heteroatoms. The van der Waals surface area contributed by atoms with Crippen molar-refractivity contribution >= 4 is 68.5 Å². The normalized spacial score (nSPS) is 17.4. The number of ether oxygens (including phenoxy) is 1. The second kappa shape index (κ2) is 8.75. The van der Waals surface area contributed by atoms with Crippen LogP contribution in [-0.2, 0) is 27.2 Å². The molecule has 0 saturated carbocycles. The fraction of sp³-hybridized carbons (Fsp3) is 0.300. The van der Waals surface area contributed by atoms with Gasteiger partial charge in [0.05, 0.1) is 17.6 Å². The summed E-state index contributed by atoms with van der Waals surface area (Å²) >= 11 is 3.63. The van der Waals surface area contributed by atoms with Crippen LogP contribution in [0.2, 0.25) is 0 Å². The van der Waals surface area contributed by atoms with E-state index in [1.807, 2.05) is 17.5 Å². The summed E-state index contributed by atoms with van der Waals surface area (Å²) in [6.45, 7) is -0.407. The standard InChI is InChI=1S/C20H18N2O5S3/c1-27-19(25)16-12-6-2-3-7-13(12)29-17(16)21-15(23)10-22-18(24)14(30-20(22)26)9-11-5-4-8-28-11/h4-5,8-9H,2-3,6-7,10H2,1H3,(H,21,23)/b14-9-. The monoisotopic (exact) mass is 462 g/mol. The van der Waals surface area contributed by atoms with Crippen LogP contribution in [0.3, 0.4) is 0 Å². The molecule has 1 aliphatic heterocycles. The summed E-state index contributed by atoms with van der Waals surface area (Å²) in [5, 5.41) is 4.52. The molecule has 0 bridgehead atoms. The second-order valence-electron chi connectivity index (χ2n) is 6.74. The van der Waals surface area contributed by atoms with Crippen LogP contribution < -0.4 is 5.32 Å². The lowest BCUT2D eigenvalue weighted by atomic mass is 9.95. The summed E-state index contributed by atoms with van der Waals surface area (Å²) in [6, 6.07) is 3.70. The van der Waals surface area contributed by atoms with Crippen LogP contribution in [0.15, 0.2) is 22.4 Å². The highest BCUT2D eigenvalue weighted by Crippen LogP contribution is 2.39. The van der Waals surface area contributed by atoms with E-state index in [0.717, 1.165) is 57.7 Å². The van der Waals surface area contributed by atoms with E-state index in [1.54, 1.807) is 6.08 Å². The number of carbonyl (C=O) groups excluding carboxylic acids is 4. The van der Waals surface area contributed by atoms with Crippen molar-refractivity contribution in [3.05, 3.63) is 43.3 Å². The van der Waals surface area contributed by atoms with Gasteiger partial charge >= 0.3 is 5.97 Å². The fourth-order valence-corrected chi connectivity index (χ4v) is 6.28. The smallest absolute Gasteiger partial charge is 0.341 e. The van der Waals surface area contributed by atoms with E-state index < -0.39 is 29.6 Å². The number of nitrogens with one attached hydrogen (secondary N) is 1. The average molecular weight is 463 g/mol. The van der Waals surface area contributed by atoms with E-state index in [1.165, 1.54) is 29.8 Å². The minimum Gasteiger partial charge on any atom is -0.465 e. The molecular weight excluding hydrogens is 444 g/mol. The van der Waals surface area contributed by atoms with Gasteiger partial charge in [-0.25, -0.2) is 4.79 Å². The SMILES string of the molecule is COC(=O)c1c(NC(=O)CN2C(=O)S/C(=C\c3cccs3)C2=O)sc2c1CCCC2. The van der Waals surface area contributed by atoms with Crippen LogP contribution in [0.1, 0.15) is 38.5 Å². The van der Waals surface area contributed by atoms with Gasteiger partial charge in [0.15, 0.2) is 0 Å². The van der Waals surface area contributed by atoms with E-state index in [0.29, 0.717) is 10.6 Å². The first-order valence-corrected chi connectivity index (χ1v) is 11.8. The molecule has 2 aromatic rings. The summed E-state index contributed by atoms with van der Waals surface area (Å²) in [6.07, 6.45) is 5.29. The van der Waals surface area contributed by atoms with E-state index in [4.69, 9.17) is 4.74 Å². The zero-order valence-electron chi connectivity index (χ0n) is 16.1. The predicted octanol–water partition coefficient (Wildman–Crippen LogP) is 4.15. The summed E-state index contributed by atoms with van der Waals surface area (Å²) < 4.78 is 4.90. The molecule has 3 amide bonds. The molecule has 0 aromatic carbocycles. The van der Waals surface area contributed by atoms with Gasteiger partial charge in [-0.3, -0.25) is 19.3 Å². The van der Waals surface area contributed by atoms with Gasteiger partial charge in [-0.05, 0) is 60.5 Å². The Kier molecular flexibility index (Phi) is 6.07. The first-order chi connectivity index (χ1) is 14.5. The van der Waals surface area contributed by atoms with Gasteiger partial charge in [0.1, 0.15) is 11.5 Å². The van der Waals surface area contributed by atoms with Gasteiger partial charge < -0.3 is 10.1 Å². The molecule has 1 aliphatic carbocycles. The summed E-state index contributed by atoms with van der Waals surface area (Å²) in [5.41, 5.74) is 1.32. The quantitative estimate of drug-likeness (QED) is 0.530. The Balaban J connectivity index is 1.50. The highest BCUT2D eigenvalue weighted by atomic mass is 32.2. The van der Waals surface area contributed by atoms with E-state index in [-0.39, 0.29) is 4.91 Å². The third kappa shape index (κ3) is 4.07. The van der Waals surface area contributed by atoms with E-state index in [9.17, 15) is 19.2 Å². The molecule has 2 aromatic heterocycles. The Morgan fingerprint density at radius 1 is 1.27 bits per heavy atom.